The van der Waals surface area contributed by atoms with Crippen molar-refractivity contribution in [2.24, 2.45) is 0 Å². The summed E-state index contributed by atoms with van der Waals surface area (Å²) in [4.78, 5) is 29.5. The predicted molar refractivity (Wildman–Crippen MR) is 86.1 cm³/mol. The van der Waals surface area contributed by atoms with Gasteiger partial charge in [0.15, 0.2) is 0 Å². The van der Waals surface area contributed by atoms with Gasteiger partial charge in [-0.05, 0) is 11.6 Å². The number of non-ortho nitro benzene ring substituents is 1. The van der Waals surface area contributed by atoms with E-state index in [1.165, 1.54) is 18.2 Å². The van der Waals surface area contributed by atoms with E-state index in [4.69, 9.17) is 4.84 Å². The molecule has 2 aromatic rings. The molecule has 1 N–H and O–H groups in total. The van der Waals surface area contributed by atoms with Crippen molar-refractivity contribution in [1.29, 1.82) is 0 Å². The molecule has 0 aliphatic carbocycles. The topological polar surface area (TPSA) is 84.7 Å². The van der Waals surface area contributed by atoms with Gasteiger partial charge in [0, 0.05) is 31.9 Å². The van der Waals surface area contributed by atoms with Crippen molar-refractivity contribution in [2.45, 2.75) is 6.61 Å². The molecule has 2 rings (SSSR count). The summed E-state index contributed by atoms with van der Waals surface area (Å²) in [6.07, 6.45) is 0. The van der Waals surface area contributed by atoms with Crippen LogP contribution in [0.5, 0.6) is 0 Å². The quantitative estimate of drug-likeness (QED) is 0.654. The molecule has 0 aromatic heterocycles. The van der Waals surface area contributed by atoms with Crippen LogP contribution in [0.2, 0.25) is 0 Å². The van der Waals surface area contributed by atoms with Gasteiger partial charge in [0.05, 0.1) is 17.1 Å². The monoisotopic (exact) mass is 315 g/mol. The Balaban J connectivity index is 2.10. The molecule has 1 amide bonds. The Hall–Kier alpha value is -2.93. The van der Waals surface area contributed by atoms with E-state index in [-0.39, 0.29) is 17.9 Å². The molecule has 0 fully saturated rings. The van der Waals surface area contributed by atoms with Crippen molar-refractivity contribution in [2.75, 3.05) is 19.0 Å². The molecule has 0 saturated heterocycles. The molecule has 0 heterocycles. The summed E-state index contributed by atoms with van der Waals surface area (Å²) in [5.74, 6) is -0.534. The van der Waals surface area contributed by atoms with E-state index in [9.17, 15) is 14.9 Å². The lowest BCUT2D eigenvalue weighted by molar-refractivity contribution is -0.384. The van der Waals surface area contributed by atoms with Gasteiger partial charge in [-0.25, -0.2) is 5.48 Å². The molecule has 120 valence electrons. The van der Waals surface area contributed by atoms with Crippen LogP contribution in [0.25, 0.3) is 0 Å². The van der Waals surface area contributed by atoms with Gasteiger partial charge in [-0.2, -0.15) is 0 Å². The van der Waals surface area contributed by atoms with Crippen molar-refractivity contribution in [1.82, 2.24) is 5.48 Å². The highest BCUT2D eigenvalue weighted by Crippen LogP contribution is 2.24. The van der Waals surface area contributed by atoms with Crippen molar-refractivity contribution in [3.05, 3.63) is 69.8 Å². The molecule has 0 spiro atoms. The zero-order chi connectivity index (χ0) is 16.8. The third kappa shape index (κ3) is 4.27. The maximum absolute atomic E-state index is 12.2. The van der Waals surface area contributed by atoms with E-state index in [1.807, 2.05) is 30.3 Å². The van der Waals surface area contributed by atoms with Gasteiger partial charge in [0.2, 0.25) is 0 Å². The van der Waals surface area contributed by atoms with Crippen molar-refractivity contribution in [3.63, 3.8) is 0 Å². The highest BCUT2D eigenvalue weighted by Gasteiger charge is 2.18. The maximum Gasteiger partial charge on any atom is 0.277 e. The van der Waals surface area contributed by atoms with Crippen molar-refractivity contribution in [3.8, 4) is 0 Å². The lowest BCUT2D eigenvalue weighted by Crippen LogP contribution is -2.26. The van der Waals surface area contributed by atoms with Gasteiger partial charge in [-0.1, -0.05) is 30.3 Å². The molecule has 0 unspecified atom stereocenters. The first-order valence-electron chi connectivity index (χ1n) is 6.91. The Kier molecular flexibility index (Phi) is 5.27. The zero-order valence-electron chi connectivity index (χ0n) is 12.9. The normalized spacial score (nSPS) is 10.2. The van der Waals surface area contributed by atoms with Gasteiger partial charge in [0.25, 0.3) is 11.6 Å². The van der Waals surface area contributed by atoms with Crippen LogP contribution in [0.3, 0.4) is 0 Å². The largest absolute Gasteiger partial charge is 0.377 e. The third-order valence-electron chi connectivity index (χ3n) is 3.16. The number of rotatable bonds is 6. The average Bonchev–Trinajstić information content (AvgIpc) is 2.55. The summed E-state index contributed by atoms with van der Waals surface area (Å²) >= 11 is 0. The first kappa shape index (κ1) is 16.4. The van der Waals surface area contributed by atoms with E-state index in [1.54, 1.807) is 19.0 Å². The molecule has 0 atom stereocenters. The number of carbonyl (C=O) groups is 1. The molecular weight excluding hydrogens is 298 g/mol. The smallest absolute Gasteiger partial charge is 0.277 e. The summed E-state index contributed by atoms with van der Waals surface area (Å²) in [5, 5.41) is 10.9. The van der Waals surface area contributed by atoms with Gasteiger partial charge in [0.1, 0.15) is 0 Å². The van der Waals surface area contributed by atoms with Crippen LogP contribution >= 0.6 is 0 Å². The van der Waals surface area contributed by atoms with Crippen LogP contribution in [0.15, 0.2) is 48.5 Å². The SMILES string of the molecule is CN(C)c1ccc([N+](=O)[O-])cc1C(=O)NOCc1ccccc1. The number of hydrogen-bond donors (Lipinski definition) is 1. The Labute approximate surface area is 133 Å². The predicted octanol–water partition coefficient (Wildman–Crippen LogP) is 2.52. The summed E-state index contributed by atoms with van der Waals surface area (Å²) in [5.41, 5.74) is 3.82. The summed E-state index contributed by atoms with van der Waals surface area (Å²) in [7, 11) is 3.51. The number of nitro groups is 1. The summed E-state index contributed by atoms with van der Waals surface area (Å²) < 4.78 is 0. The van der Waals surface area contributed by atoms with Gasteiger partial charge < -0.3 is 4.90 Å². The minimum absolute atomic E-state index is 0.149. The second-order valence-corrected chi connectivity index (χ2v) is 5.06. The van der Waals surface area contributed by atoms with Crippen LogP contribution < -0.4 is 10.4 Å². The Morgan fingerprint density at radius 2 is 1.91 bits per heavy atom. The minimum Gasteiger partial charge on any atom is -0.377 e. The number of carbonyl (C=O) groups excluding carboxylic acids is 1. The molecule has 23 heavy (non-hydrogen) atoms. The second kappa shape index (κ2) is 7.37. The minimum atomic E-state index is -0.541. The zero-order valence-corrected chi connectivity index (χ0v) is 12.9. The van der Waals surface area contributed by atoms with E-state index in [0.29, 0.717) is 5.69 Å². The maximum atomic E-state index is 12.2. The molecule has 0 saturated carbocycles. The first-order chi connectivity index (χ1) is 11.0. The molecule has 0 bridgehead atoms. The van der Waals surface area contributed by atoms with Gasteiger partial charge >= 0.3 is 0 Å². The molecule has 0 radical (unpaired) electrons. The highest BCUT2D eigenvalue weighted by atomic mass is 16.7. The van der Waals surface area contributed by atoms with Crippen LogP contribution in [-0.2, 0) is 11.4 Å². The lowest BCUT2D eigenvalue weighted by atomic mass is 10.1. The van der Waals surface area contributed by atoms with E-state index in [0.717, 1.165) is 5.56 Å². The van der Waals surface area contributed by atoms with Gasteiger partial charge in [-0.3, -0.25) is 19.7 Å². The number of nitro benzene ring substituents is 1. The fraction of sp³-hybridized carbons (Fsp3) is 0.188. The molecule has 0 aliphatic rings. The summed E-state index contributed by atoms with van der Waals surface area (Å²) in [6, 6.07) is 13.5. The fourth-order valence-corrected chi connectivity index (χ4v) is 2.02. The standard InChI is InChI=1S/C16H17N3O4/c1-18(2)15-9-8-13(19(21)22)10-14(15)16(20)17-23-11-12-6-4-3-5-7-12/h3-10H,11H2,1-2H3,(H,17,20). The van der Waals surface area contributed by atoms with Crippen LogP contribution in [0, 0.1) is 10.1 Å². The van der Waals surface area contributed by atoms with Gasteiger partial charge in [-0.15, -0.1) is 0 Å². The molecule has 7 nitrogen and oxygen atoms in total. The molecule has 0 aliphatic heterocycles. The first-order valence-corrected chi connectivity index (χ1v) is 6.91. The molecular formula is C16H17N3O4. The third-order valence-corrected chi connectivity index (χ3v) is 3.16. The number of hydrogen-bond acceptors (Lipinski definition) is 5. The number of benzene rings is 2. The van der Waals surface area contributed by atoms with Crippen LogP contribution in [0.4, 0.5) is 11.4 Å². The van der Waals surface area contributed by atoms with Crippen LogP contribution in [0.1, 0.15) is 15.9 Å². The molecule has 2 aromatic carbocycles. The number of amides is 1. The Morgan fingerprint density at radius 3 is 2.52 bits per heavy atom. The number of hydroxylamine groups is 1. The number of nitrogens with zero attached hydrogens (tertiary/aromatic N) is 2. The van der Waals surface area contributed by atoms with Crippen LogP contribution in [-0.4, -0.2) is 24.9 Å². The number of nitrogens with one attached hydrogen (secondary N) is 1. The Morgan fingerprint density at radius 1 is 1.22 bits per heavy atom. The van der Waals surface area contributed by atoms with E-state index >= 15 is 0 Å². The Bertz CT molecular complexity index is 702. The highest BCUT2D eigenvalue weighted by molar-refractivity contribution is 5.99. The average molecular weight is 315 g/mol. The number of anilines is 1. The summed E-state index contributed by atoms with van der Waals surface area (Å²) in [6.45, 7) is 0.207. The second-order valence-electron chi connectivity index (χ2n) is 5.06. The van der Waals surface area contributed by atoms with Crippen molar-refractivity contribution < 1.29 is 14.6 Å². The van der Waals surface area contributed by atoms with E-state index in [2.05, 4.69) is 5.48 Å². The molecule has 7 heteroatoms. The van der Waals surface area contributed by atoms with E-state index < -0.39 is 10.8 Å². The van der Waals surface area contributed by atoms with Crippen molar-refractivity contribution >= 4 is 17.3 Å². The lowest BCUT2D eigenvalue weighted by Gasteiger charge is -2.16. The fourth-order valence-electron chi connectivity index (χ4n) is 2.02.